The first kappa shape index (κ1) is 26.8. The van der Waals surface area contributed by atoms with E-state index in [0.717, 1.165) is 37.1 Å². The standard InChI is InChI=1S/C23H30F2N2O8S/c1-33-20(28)12-17-6-7-22(34-13-17)8-10-26(11-9-22)15-21(14-23(21,24)25)16-35-36(31,32)19-4-2-18(3-5-19)27(29)30/h2-5,17H,6-16H2,1H3/t17-,21+/m0/s1. The molecule has 1 aromatic rings. The third kappa shape index (κ3) is 5.68. The van der Waals surface area contributed by atoms with Gasteiger partial charge in [-0.1, -0.05) is 0 Å². The van der Waals surface area contributed by atoms with Crippen molar-refractivity contribution >= 4 is 21.8 Å². The first-order valence-corrected chi connectivity index (χ1v) is 13.3. The van der Waals surface area contributed by atoms with E-state index in [4.69, 9.17) is 13.7 Å². The Labute approximate surface area is 208 Å². The maximum absolute atomic E-state index is 14.4. The summed E-state index contributed by atoms with van der Waals surface area (Å²) < 4.78 is 69.7. The van der Waals surface area contributed by atoms with Crippen molar-refractivity contribution in [1.29, 1.82) is 0 Å². The van der Waals surface area contributed by atoms with Gasteiger partial charge in [0, 0.05) is 38.2 Å². The Morgan fingerprint density at radius 3 is 2.36 bits per heavy atom. The number of halogens is 2. The molecule has 2 atom stereocenters. The molecule has 0 bridgehead atoms. The van der Waals surface area contributed by atoms with Gasteiger partial charge in [-0.2, -0.15) is 8.42 Å². The highest BCUT2D eigenvalue weighted by molar-refractivity contribution is 7.86. The number of nitro groups is 1. The lowest BCUT2D eigenvalue weighted by Gasteiger charge is -2.46. The van der Waals surface area contributed by atoms with Crippen LogP contribution in [0.4, 0.5) is 14.5 Å². The highest BCUT2D eigenvalue weighted by atomic mass is 32.2. The summed E-state index contributed by atoms with van der Waals surface area (Å²) in [6.45, 7) is 0.859. The van der Waals surface area contributed by atoms with Crippen molar-refractivity contribution < 1.29 is 40.6 Å². The van der Waals surface area contributed by atoms with Gasteiger partial charge < -0.3 is 14.4 Å². The third-order valence-electron chi connectivity index (χ3n) is 7.65. The molecule has 10 nitrogen and oxygen atoms in total. The van der Waals surface area contributed by atoms with Crippen LogP contribution in [0.1, 0.15) is 38.5 Å². The second-order valence-corrected chi connectivity index (χ2v) is 11.7. The minimum atomic E-state index is -4.35. The summed E-state index contributed by atoms with van der Waals surface area (Å²) in [6.07, 6.45) is 2.82. The first-order chi connectivity index (χ1) is 16.9. The van der Waals surface area contributed by atoms with Crippen LogP contribution >= 0.6 is 0 Å². The summed E-state index contributed by atoms with van der Waals surface area (Å²) in [5, 5.41) is 10.8. The molecule has 4 rings (SSSR count). The van der Waals surface area contributed by atoms with Gasteiger partial charge in [0.05, 0.1) is 47.6 Å². The Hall–Kier alpha value is -2.22. The molecule has 200 valence electrons. The van der Waals surface area contributed by atoms with Crippen molar-refractivity contribution in [2.24, 2.45) is 11.3 Å². The average molecular weight is 533 g/mol. The number of nitro benzene ring substituents is 1. The van der Waals surface area contributed by atoms with Crippen molar-refractivity contribution in [3.8, 4) is 0 Å². The quantitative estimate of drug-likeness (QED) is 0.204. The monoisotopic (exact) mass is 532 g/mol. The van der Waals surface area contributed by atoms with Crippen LogP contribution < -0.4 is 0 Å². The fourth-order valence-electron chi connectivity index (χ4n) is 5.09. The maximum Gasteiger partial charge on any atom is 0.305 e. The normalized spacial score (nSPS) is 27.5. The Bertz CT molecular complexity index is 1080. The van der Waals surface area contributed by atoms with E-state index in [1.54, 1.807) is 0 Å². The molecule has 0 unspecified atom stereocenters. The smallest absolute Gasteiger partial charge is 0.305 e. The van der Waals surface area contributed by atoms with Crippen LogP contribution in [0, 0.1) is 21.4 Å². The SMILES string of the molecule is COC(=O)C[C@@H]1CCC2(CCN(C[C@@]3(COS(=O)(=O)c4ccc([N+](=O)[O-])cc4)CC3(F)F)CC2)OC1. The predicted molar refractivity (Wildman–Crippen MR) is 122 cm³/mol. The van der Waals surface area contributed by atoms with Crippen LogP contribution in [0.15, 0.2) is 29.2 Å². The van der Waals surface area contributed by atoms with E-state index in [9.17, 15) is 32.1 Å². The molecule has 2 saturated heterocycles. The van der Waals surface area contributed by atoms with Crippen LogP contribution in [0.25, 0.3) is 0 Å². The molecule has 0 radical (unpaired) electrons. The number of likely N-dealkylation sites (tertiary alicyclic amines) is 1. The highest BCUT2D eigenvalue weighted by Gasteiger charge is 2.72. The molecule has 3 fully saturated rings. The largest absolute Gasteiger partial charge is 0.469 e. The molecular formula is C23H30F2N2O8S. The van der Waals surface area contributed by atoms with Crippen molar-refractivity contribution in [3.63, 3.8) is 0 Å². The Morgan fingerprint density at radius 2 is 1.86 bits per heavy atom. The van der Waals surface area contributed by atoms with Crippen LogP contribution in [-0.2, 0) is 28.6 Å². The van der Waals surface area contributed by atoms with Gasteiger partial charge >= 0.3 is 5.97 Å². The summed E-state index contributed by atoms with van der Waals surface area (Å²) in [4.78, 5) is 23.2. The number of hydrogen-bond donors (Lipinski definition) is 0. The fraction of sp³-hybridized carbons (Fsp3) is 0.696. The molecule has 1 aromatic carbocycles. The van der Waals surface area contributed by atoms with Gasteiger partial charge in [-0.15, -0.1) is 0 Å². The Morgan fingerprint density at radius 1 is 1.22 bits per heavy atom. The lowest BCUT2D eigenvalue weighted by atomic mass is 9.81. The topological polar surface area (TPSA) is 125 Å². The molecule has 13 heteroatoms. The average Bonchev–Trinajstić information content (AvgIpc) is 3.40. The Kier molecular flexibility index (Phi) is 7.39. The third-order valence-corrected chi connectivity index (χ3v) is 8.93. The molecule has 2 aliphatic heterocycles. The van der Waals surface area contributed by atoms with Crippen molar-refractivity contribution in [2.75, 3.05) is 40.0 Å². The number of carbonyl (C=O) groups excluding carboxylic acids is 1. The number of methoxy groups -OCH3 is 1. The number of benzene rings is 1. The van der Waals surface area contributed by atoms with Crippen molar-refractivity contribution in [2.45, 2.75) is 54.9 Å². The van der Waals surface area contributed by atoms with E-state index in [2.05, 4.69) is 0 Å². The van der Waals surface area contributed by atoms with E-state index in [0.29, 0.717) is 39.0 Å². The minimum absolute atomic E-state index is 0.00315. The molecule has 3 aliphatic rings. The highest BCUT2D eigenvalue weighted by Crippen LogP contribution is 2.61. The molecule has 2 heterocycles. The van der Waals surface area contributed by atoms with Gasteiger partial charge in [0.2, 0.25) is 0 Å². The Balaban J connectivity index is 1.30. The summed E-state index contributed by atoms with van der Waals surface area (Å²) in [5.41, 5.74) is -2.22. The lowest BCUT2D eigenvalue weighted by molar-refractivity contribution is -0.384. The van der Waals surface area contributed by atoms with Crippen molar-refractivity contribution in [1.82, 2.24) is 4.90 Å². The number of hydrogen-bond acceptors (Lipinski definition) is 9. The van der Waals surface area contributed by atoms with Gasteiger partial charge in [-0.05, 0) is 43.7 Å². The van der Waals surface area contributed by atoms with Gasteiger partial charge in [0.25, 0.3) is 21.7 Å². The lowest BCUT2D eigenvalue weighted by Crippen LogP contribution is -2.50. The molecule has 0 aromatic heterocycles. The maximum atomic E-state index is 14.4. The number of rotatable bonds is 9. The van der Waals surface area contributed by atoms with E-state index in [1.165, 1.54) is 7.11 Å². The summed E-state index contributed by atoms with van der Waals surface area (Å²) in [6, 6.07) is 4.09. The summed E-state index contributed by atoms with van der Waals surface area (Å²) >= 11 is 0. The number of carbonyl (C=O) groups is 1. The minimum Gasteiger partial charge on any atom is -0.469 e. The second kappa shape index (κ2) is 9.92. The zero-order valence-corrected chi connectivity index (χ0v) is 20.8. The van der Waals surface area contributed by atoms with Crippen LogP contribution in [0.5, 0.6) is 0 Å². The summed E-state index contributed by atoms with van der Waals surface area (Å²) in [7, 11) is -3.00. The van der Waals surface area contributed by atoms with Gasteiger partial charge in [-0.3, -0.25) is 19.1 Å². The molecule has 1 spiro atoms. The van der Waals surface area contributed by atoms with E-state index in [1.807, 2.05) is 4.90 Å². The van der Waals surface area contributed by atoms with Crippen LogP contribution in [-0.4, -0.2) is 75.7 Å². The van der Waals surface area contributed by atoms with E-state index < -0.39 is 39.4 Å². The van der Waals surface area contributed by atoms with E-state index in [-0.39, 0.29) is 34.6 Å². The molecule has 1 aliphatic carbocycles. The van der Waals surface area contributed by atoms with Gasteiger partial charge in [0.15, 0.2) is 0 Å². The van der Waals surface area contributed by atoms with Crippen LogP contribution in [0.2, 0.25) is 0 Å². The van der Waals surface area contributed by atoms with Crippen LogP contribution in [0.3, 0.4) is 0 Å². The second-order valence-electron chi connectivity index (χ2n) is 10.1. The van der Waals surface area contributed by atoms with E-state index >= 15 is 0 Å². The molecule has 36 heavy (non-hydrogen) atoms. The van der Waals surface area contributed by atoms with Gasteiger partial charge in [0.1, 0.15) is 0 Å². The van der Waals surface area contributed by atoms with Gasteiger partial charge in [-0.25, -0.2) is 8.78 Å². The predicted octanol–water partition coefficient (Wildman–Crippen LogP) is 3.15. The summed E-state index contributed by atoms with van der Waals surface area (Å²) in [5.74, 6) is -3.19. The zero-order valence-electron chi connectivity index (χ0n) is 20.0. The number of esters is 1. The molecular weight excluding hydrogens is 502 g/mol. The molecule has 0 amide bonds. The number of piperidine rings is 1. The fourth-order valence-corrected chi connectivity index (χ4v) is 6.07. The number of alkyl halides is 2. The number of nitrogens with zero attached hydrogens (tertiary/aromatic N) is 2. The molecule has 1 saturated carbocycles. The zero-order chi connectivity index (χ0) is 26.2. The number of ether oxygens (including phenoxy) is 2. The van der Waals surface area contributed by atoms with Crippen molar-refractivity contribution in [3.05, 3.63) is 34.4 Å². The first-order valence-electron chi connectivity index (χ1n) is 11.8. The molecule has 0 N–H and O–H groups in total. The number of non-ortho nitro benzene ring substituents is 1.